The lowest BCUT2D eigenvalue weighted by molar-refractivity contribution is 0.309. The molecule has 1 atom stereocenters. The number of nitrogens with one attached hydrogen (secondary N) is 2. The molecule has 0 aromatic carbocycles. The molecule has 0 amide bonds. The normalized spacial score (nSPS) is 19.3. The van der Waals surface area contributed by atoms with Crippen molar-refractivity contribution in [1.29, 1.82) is 0 Å². The summed E-state index contributed by atoms with van der Waals surface area (Å²) in [6.45, 7) is 6.92. The van der Waals surface area contributed by atoms with Gasteiger partial charge in [-0.05, 0) is 32.4 Å². The van der Waals surface area contributed by atoms with Crippen molar-refractivity contribution in [3.05, 3.63) is 17.5 Å². The van der Waals surface area contributed by atoms with E-state index in [1.165, 1.54) is 19.4 Å². The van der Waals surface area contributed by atoms with Gasteiger partial charge >= 0.3 is 0 Å². The SMILES string of the molecule is CN=C(NCc1cc(C(C)C)no1)NCC1CCCN1C.I. The molecule has 0 saturated carbocycles. The number of likely N-dealkylation sites (tertiary alicyclic amines) is 1. The summed E-state index contributed by atoms with van der Waals surface area (Å²) in [5.74, 6) is 2.02. The molecule has 22 heavy (non-hydrogen) atoms. The van der Waals surface area contributed by atoms with Crippen molar-refractivity contribution < 1.29 is 4.52 Å². The molecular formula is C15H28IN5O. The van der Waals surface area contributed by atoms with E-state index >= 15 is 0 Å². The topological polar surface area (TPSA) is 65.7 Å². The molecule has 1 fully saturated rings. The molecule has 7 heteroatoms. The van der Waals surface area contributed by atoms with Crippen molar-refractivity contribution in [2.24, 2.45) is 4.99 Å². The zero-order valence-electron chi connectivity index (χ0n) is 13.9. The smallest absolute Gasteiger partial charge is 0.191 e. The molecule has 126 valence electrons. The van der Waals surface area contributed by atoms with Crippen LogP contribution in [0.15, 0.2) is 15.6 Å². The van der Waals surface area contributed by atoms with Gasteiger partial charge in [-0.3, -0.25) is 4.99 Å². The van der Waals surface area contributed by atoms with E-state index in [0.29, 0.717) is 18.5 Å². The van der Waals surface area contributed by atoms with Crippen LogP contribution >= 0.6 is 24.0 Å². The fraction of sp³-hybridized carbons (Fsp3) is 0.733. The first-order chi connectivity index (χ1) is 10.1. The van der Waals surface area contributed by atoms with Gasteiger partial charge in [0.2, 0.25) is 0 Å². The molecule has 2 rings (SSSR count). The van der Waals surface area contributed by atoms with Crippen LogP contribution in [0.5, 0.6) is 0 Å². The summed E-state index contributed by atoms with van der Waals surface area (Å²) in [6, 6.07) is 2.59. The van der Waals surface area contributed by atoms with Gasteiger partial charge in [-0.1, -0.05) is 19.0 Å². The molecule has 0 radical (unpaired) electrons. The van der Waals surface area contributed by atoms with E-state index in [1.54, 1.807) is 7.05 Å². The molecule has 0 aliphatic carbocycles. The Hall–Kier alpha value is -0.830. The summed E-state index contributed by atoms with van der Waals surface area (Å²) >= 11 is 0. The van der Waals surface area contributed by atoms with Crippen LogP contribution in [0.4, 0.5) is 0 Å². The Morgan fingerprint density at radius 1 is 1.50 bits per heavy atom. The quantitative estimate of drug-likeness (QED) is 0.434. The van der Waals surface area contributed by atoms with Crippen LogP contribution in [0.2, 0.25) is 0 Å². The first-order valence-electron chi connectivity index (χ1n) is 7.70. The summed E-state index contributed by atoms with van der Waals surface area (Å²) in [4.78, 5) is 6.64. The van der Waals surface area contributed by atoms with E-state index in [4.69, 9.17) is 4.52 Å². The molecule has 1 aliphatic heterocycles. The molecule has 6 nitrogen and oxygen atoms in total. The Morgan fingerprint density at radius 2 is 2.27 bits per heavy atom. The Labute approximate surface area is 150 Å². The standard InChI is InChI=1S/C15H27N5O.HI/c1-11(2)14-8-13(21-19-14)10-18-15(16-3)17-9-12-6-5-7-20(12)4;/h8,11-12H,5-7,9-10H2,1-4H3,(H2,16,17,18);1H. The zero-order chi connectivity index (χ0) is 15.2. The summed E-state index contributed by atoms with van der Waals surface area (Å²) in [5.41, 5.74) is 0.988. The van der Waals surface area contributed by atoms with Crippen molar-refractivity contribution >= 4 is 29.9 Å². The minimum absolute atomic E-state index is 0. The number of hydrogen-bond donors (Lipinski definition) is 2. The molecule has 0 bridgehead atoms. The van der Waals surface area contributed by atoms with Crippen LogP contribution in [0.25, 0.3) is 0 Å². The van der Waals surface area contributed by atoms with Crippen molar-refractivity contribution in [3.63, 3.8) is 0 Å². The Balaban J connectivity index is 0.00000242. The van der Waals surface area contributed by atoms with E-state index in [1.807, 2.05) is 6.07 Å². The molecule has 1 unspecified atom stereocenters. The maximum Gasteiger partial charge on any atom is 0.191 e. The lowest BCUT2D eigenvalue weighted by Gasteiger charge is -2.21. The van der Waals surface area contributed by atoms with E-state index in [-0.39, 0.29) is 24.0 Å². The third-order valence-electron chi connectivity index (χ3n) is 4.00. The second-order valence-electron chi connectivity index (χ2n) is 5.96. The van der Waals surface area contributed by atoms with Gasteiger partial charge in [-0.15, -0.1) is 24.0 Å². The highest BCUT2D eigenvalue weighted by atomic mass is 127. The van der Waals surface area contributed by atoms with Gasteiger partial charge in [0.1, 0.15) is 0 Å². The zero-order valence-corrected chi connectivity index (χ0v) is 16.3. The largest absolute Gasteiger partial charge is 0.359 e. The molecule has 1 aromatic rings. The van der Waals surface area contributed by atoms with Crippen LogP contribution in [-0.4, -0.2) is 49.2 Å². The van der Waals surface area contributed by atoms with Crippen LogP contribution in [0, 0.1) is 0 Å². The number of rotatable bonds is 5. The van der Waals surface area contributed by atoms with Crippen molar-refractivity contribution in [2.45, 2.75) is 45.2 Å². The van der Waals surface area contributed by atoms with Gasteiger partial charge in [0.25, 0.3) is 0 Å². The monoisotopic (exact) mass is 421 g/mol. The molecule has 2 N–H and O–H groups in total. The fourth-order valence-electron chi connectivity index (χ4n) is 2.53. The predicted octanol–water partition coefficient (Wildman–Crippen LogP) is 2.18. The third-order valence-corrected chi connectivity index (χ3v) is 4.00. The molecule has 1 aromatic heterocycles. The number of aliphatic imine (C=N–C) groups is 1. The maximum absolute atomic E-state index is 5.31. The van der Waals surface area contributed by atoms with E-state index in [2.05, 4.69) is 46.6 Å². The summed E-state index contributed by atoms with van der Waals surface area (Å²) in [6.07, 6.45) is 2.53. The lowest BCUT2D eigenvalue weighted by atomic mass is 10.1. The van der Waals surface area contributed by atoms with Gasteiger partial charge in [-0.2, -0.15) is 0 Å². The van der Waals surface area contributed by atoms with Gasteiger partial charge < -0.3 is 20.1 Å². The minimum atomic E-state index is 0. The number of hydrogen-bond acceptors (Lipinski definition) is 4. The van der Waals surface area contributed by atoms with E-state index < -0.39 is 0 Å². The van der Waals surface area contributed by atoms with E-state index in [9.17, 15) is 0 Å². The fourth-order valence-corrected chi connectivity index (χ4v) is 2.53. The number of halogens is 1. The third kappa shape index (κ3) is 5.42. The molecule has 0 spiro atoms. The summed E-state index contributed by atoms with van der Waals surface area (Å²) < 4.78 is 5.31. The first-order valence-corrected chi connectivity index (χ1v) is 7.70. The number of likely N-dealkylation sites (N-methyl/N-ethyl adjacent to an activating group) is 1. The highest BCUT2D eigenvalue weighted by molar-refractivity contribution is 14.0. The van der Waals surface area contributed by atoms with Crippen LogP contribution in [-0.2, 0) is 6.54 Å². The van der Waals surface area contributed by atoms with Crippen molar-refractivity contribution in [1.82, 2.24) is 20.7 Å². The number of nitrogens with zero attached hydrogens (tertiary/aromatic N) is 3. The number of aromatic nitrogens is 1. The average Bonchev–Trinajstić information content (AvgIpc) is 3.08. The summed E-state index contributed by atoms with van der Waals surface area (Å²) in [5, 5.41) is 10.7. The average molecular weight is 421 g/mol. The molecule has 1 saturated heterocycles. The Kier molecular flexibility index (Phi) is 8.16. The highest BCUT2D eigenvalue weighted by Crippen LogP contribution is 2.14. The van der Waals surface area contributed by atoms with Gasteiger partial charge in [0.15, 0.2) is 11.7 Å². The minimum Gasteiger partial charge on any atom is -0.359 e. The second-order valence-corrected chi connectivity index (χ2v) is 5.96. The van der Waals surface area contributed by atoms with Crippen molar-refractivity contribution in [2.75, 3.05) is 27.2 Å². The molecular weight excluding hydrogens is 393 g/mol. The van der Waals surface area contributed by atoms with E-state index in [0.717, 1.165) is 24.0 Å². The van der Waals surface area contributed by atoms with Crippen LogP contribution in [0.1, 0.15) is 44.1 Å². The van der Waals surface area contributed by atoms with Gasteiger partial charge in [0.05, 0.1) is 12.2 Å². The highest BCUT2D eigenvalue weighted by Gasteiger charge is 2.20. The van der Waals surface area contributed by atoms with Crippen LogP contribution in [0.3, 0.4) is 0 Å². The second kappa shape index (κ2) is 9.34. The lowest BCUT2D eigenvalue weighted by Crippen LogP contribution is -2.43. The number of guanidine groups is 1. The van der Waals surface area contributed by atoms with Gasteiger partial charge in [-0.25, -0.2) is 0 Å². The molecule has 1 aliphatic rings. The maximum atomic E-state index is 5.31. The first kappa shape index (κ1) is 19.2. The Morgan fingerprint density at radius 3 is 2.82 bits per heavy atom. The van der Waals surface area contributed by atoms with Crippen molar-refractivity contribution in [3.8, 4) is 0 Å². The Bertz CT molecular complexity index is 474. The van der Waals surface area contributed by atoms with Gasteiger partial charge in [0, 0.05) is 25.7 Å². The predicted molar refractivity (Wildman–Crippen MR) is 99.9 cm³/mol. The summed E-state index contributed by atoms with van der Waals surface area (Å²) in [7, 11) is 3.96. The molecule has 2 heterocycles. The van der Waals surface area contributed by atoms with Crippen LogP contribution < -0.4 is 10.6 Å².